The summed E-state index contributed by atoms with van der Waals surface area (Å²) in [6.45, 7) is 4.34. The summed E-state index contributed by atoms with van der Waals surface area (Å²) in [4.78, 5) is 3.46. The van der Waals surface area contributed by atoms with E-state index in [1.54, 1.807) is 11.8 Å². The number of pyridine rings is 1. The fourth-order valence-electron chi connectivity index (χ4n) is 3.53. The molecule has 0 saturated carbocycles. The van der Waals surface area contributed by atoms with Crippen LogP contribution >= 0.6 is 23.4 Å². The number of nitrogens with zero attached hydrogens (tertiary/aromatic N) is 2. The monoisotopic (exact) mass is 494 g/mol. The molecule has 134 valence electrons. The van der Waals surface area contributed by atoms with Crippen LogP contribution in [0.2, 0.25) is 5.02 Å². The molecule has 0 N–H and O–H groups in total. The molecule has 4 rings (SSSR count). The molecule has 2 nitrogen and oxygen atoms in total. The Bertz CT molecular complexity index is 1050. The summed E-state index contributed by atoms with van der Waals surface area (Å²) in [6, 6.07) is 12.8. The van der Waals surface area contributed by atoms with Crippen LogP contribution in [0.1, 0.15) is 16.7 Å². The zero-order chi connectivity index (χ0) is 17.7. The summed E-state index contributed by atoms with van der Waals surface area (Å²) >= 11 is 7.96. The summed E-state index contributed by atoms with van der Waals surface area (Å²) in [6.07, 6.45) is 4.42. The van der Waals surface area contributed by atoms with Gasteiger partial charge in [-0.1, -0.05) is 23.4 Å². The molecular formula is C21H20ClIN2S. The number of aromatic nitrogens is 1. The molecule has 2 aromatic carbocycles. The molecule has 0 unspecified atom stereocenters. The molecule has 0 bridgehead atoms. The Morgan fingerprint density at radius 1 is 1.12 bits per heavy atom. The molecule has 1 aliphatic rings. The van der Waals surface area contributed by atoms with Crippen molar-refractivity contribution in [3.8, 4) is 0 Å². The first-order valence-corrected chi connectivity index (χ1v) is 9.46. The number of benzene rings is 2. The van der Waals surface area contributed by atoms with Crippen molar-refractivity contribution in [3.05, 3.63) is 69.3 Å². The molecule has 0 fully saturated rings. The first-order valence-electron chi connectivity index (χ1n) is 8.26. The fraction of sp³-hybridized carbons (Fsp3) is 0.190. The third kappa shape index (κ3) is 3.35. The molecule has 0 radical (unpaired) electrons. The van der Waals surface area contributed by atoms with Gasteiger partial charge in [-0.05, 0) is 61.4 Å². The van der Waals surface area contributed by atoms with E-state index in [0.717, 1.165) is 5.02 Å². The molecule has 2 heterocycles. The van der Waals surface area contributed by atoms with Crippen LogP contribution in [-0.4, -0.2) is 7.05 Å². The maximum Gasteiger partial charge on any atom is 0.215 e. The molecule has 1 aromatic heterocycles. The molecule has 1 aliphatic heterocycles. The first kappa shape index (κ1) is 19.5. The van der Waals surface area contributed by atoms with Gasteiger partial charge in [0.15, 0.2) is 6.20 Å². The summed E-state index contributed by atoms with van der Waals surface area (Å²) in [5.41, 5.74) is 6.29. The van der Waals surface area contributed by atoms with Crippen molar-refractivity contribution in [1.82, 2.24) is 0 Å². The highest BCUT2D eigenvalue weighted by atomic mass is 127. The van der Waals surface area contributed by atoms with Gasteiger partial charge in [0, 0.05) is 28.6 Å². The Hall–Kier alpha value is -1.24. The quantitative estimate of drug-likeness (QED) is 0.379. The Labute approximate surface area is 180 Å². The molecule has 5 heteroatoms. The van der Waals surface area contributed by atoms with Crippen LogP contribution in [0.3, 0.4) is 0 Å². The normalized spacial score (nSPS) is 14.7. The molecule has 3 aromatic rings. The van der Waals surface area contributed by atoms with Crippen molar-refractivity contribution < 1.29 is 28.5 Å². The van der Waals surface area contributed by atoms with Gasteiger partial charge in [-0.25, -0.2) is 4.57 Å². The van der Waals surface area contributed by atoms with Gasteiger partial charge in [-0.3, -0.25) is 0 Å². The van der Waals surface area contributed by atoms with Gasteiger partial charge >= 0.3 is 0 Å². The lowest BCUT2D eigenvalue weighted by molar-refractivity contribution is -0.645. The average Bonchev–Trinajstić information content (AvgIpc) is 2.85. The number of hydrogen-bond acceptors (Lipinski definition) is 2. The number of aryl methyl sites for hydroxylation is 3. The molecule has 0 atom stereocenters. The number of hydrogen-bond donors (Lipinski definition) is 0. The van der Waals surface area contributed by atoms with E-state index in [1.807, 2.05) is 12.1 Å². The van der Waals surface area contributed by atoms with Crippen LogP contribution in [0.4, 0.5) is 5.69 Å². The summed E-state index contributed by atoms with van der Waals surface area (Å²) in [7, 11) is 4.21. The molecule has 0 spiro atoms. The van der Waals surface area contributed by atoms with Crippen LogP contribution < -0.4 is 33.4 Å². The second-order valence-electron chi connectivity index (χ2n) is 6.62. The summed E-state index contributed by atoms with van der Waals surface area (Å²) in [5.74, 6) is 0. The zero-order valence-corrected chi connectivity index (χ0v) is 18.9. The van der Waals surface area contributed by atoms with E-state index in [2.05, 4.69) is 73.9 Å². The number of rotatable bonds is 1. The van der Waals surface area contributed by atoms with Crippen molar-refractivity contribution in [2.45, 2.75) is 18.7 Å². The maximum absolute atomic E-state index is 6.17. The van der Waals surface area contributed by atoms with E-state index in [1.165, 1.54) is 43.2 Å². The summed E-state index contributed by atoms with van der Waals surface area (Å²) < 4.78 is 2.20. The maximum atomic E-state index is 6.17. The number of halogens is 2. The van der Waals surface area contributed by atoms with Gasteiger partial charge in [0.2, 0.25) is 5.52 Å². The largest absolute Gasteiger partial charge is 1.00 e. The zero-order valence-electron chi connectivity index (χ0n) is 15.2. The van der Waals surface area contributed by atoms with Gasteiger partial charge in [0.25, 0.3) is 0 Å². The van der Waals surface area contributed by atoms with Crippen LogP contribution in [0.5, 0.6) is 0 Å². The van der Waals surface area contributed by atoms with Gasteiger partial charge in [0.1, 0.15) is 7.05 Å². The van der Waals surface area contributed by atoms with Crippen molar-refractivity contribution in [3.63, 3.8) is 0 Å². The molecule has 26 heavy (non-hydrogen) atoms. The van der Waals surface area contributed by atoms with E-state index in [9.17, 15) is 0 Å². The van der Waals surface area contributed by atoms with Gasteiger partial charge in [-0.15, -0.1) is 0 Å². The van der Waals surface area contributed by atoms with Gasteiger partial charge in [0.05, 0.1) is 16.1 Å². The Balaban J connectivity index is 0.00000196. The van der Waals surface area contributed by atoms with Crippen LogP contribution in [0.25, 0.3) is 17.0 Å². The summed E-state index contributed by atoms with van der Waals surface area (Å²) in [5, 5.41) is 3.28. The van der Waals surface area contributed by atoms with Crippen LogP contribution in [-0.2, 0) is 7.05 Å². The SMILES string of the molecule is Cc1cc(C)c2c(c1)c(/C=C1\Sc3ccc(Cl)cc3N1C)cc[n+]2C.[I-]. The highest BCUT2D eigenvalue weighted by molar-refractivity contribution is 8.03. The predicted octanol–water partition coefficient (Wildman–Crippen LogP) is 2.48. The third-order valence-electron chi connectivity index (χ3n) is 4.69. The number of anilines is 1. The van der Waals surface area contributed by atoms with Crippen molar-refractivity contribution in [2.75, 3.05) is 11.9 Å². The lowest BCUT2D eigenvalue weighted by Gasteiger charge is -2.14. The van der Waals surface area contributed by atoms with Crippen molar-refractivity contribution >= 4 is 46.0 Å². The lowest BCUT2D eigenvalue weighted by Crippen LogP contribution is -3.00. The Morgan fingerprint density at radius 3 is 2.65 bits per heavy atom. The minimum Gasteiger partial charge on any atom is -1.00 e. The van der Waals surface area contributed by atoms with Gasteiger partial charge in [-0.2, -0.15) is 0 Å². The Morgan fingerprint density at radius 2 is 1.88 bits per heavy atom. The van der Waals surface area contributed by atoms with Crippen molar-refractivity contribution in [2.24, 2.45) is 7.05 Å². The van der Waals surface area contributed by atoms with E-state index < -0.39 is 0 Å². The molecule has 0 saturated heterocycles. The first-order chi connectivity index (χ1) is 11.9. The highest BCUT2D eigenvalue weighted by Gasteiger charge is 2.23. The fourth-order valence-corrected chi connectivity index (χ4v) is 4.78. The van der Waals surface area contributed by atoms with E-state index in [0.29, 0.717) is 0 Å². The van der Waals surface area contributed by atoms with Gasteiger partial charge < -0.3 is 28.9 Å². The highest BCUT2D eigenvalue weighted by Crippen LogP contribution is 2.46. The third-order valence-corrected chi connectivity index (χ3v) is 6.09. The van der Waals surface area contributed by atoms with Crippen molar-refractivity contribution in [1.29, 1.82) is 0 Å². The van der Waals surface area contributed by atoms with Crippen LogP contribution in [0, 0.1) is 13.8 Å². The van der Waals surface area contributed by atoms with E-state index in [4.69, 9.17) is 11.6 Å². The van der Waals surface area contributed by atoms with Crippen LogP contribution in [0.15, 0.2) is 52.5 Å². The lowest BCUT2D eigenvalue weighted by atomic mass is 10.0. The molecule has 0 aliphatic carbocycles. The second kappa shape index (κ2) is 7.41. The predicted molar refractivity (Wildman–Crippen MR) is 108 cm³/mol. The topological polar surface area (TPSA) is 7.12 Å². The smallest absolute Gasteiger partial charge is 0.215 e. The second-order valence-corrected chi connectivity index (χ2v) is 8.11. The minimum atomic E-state index is 0. The average molecular weight is 495 g/mol. The standard InChI is InChI=1S/C21H20ClN2S.HI/c1-13-9-14(2)21-17(10-13)15(7-8-23(21)3)11-20-24(4)18-12-16(22)5-6-19(18)25-20;/h5-12H,1-4H3;1H/q+1;/p-1. The number of thioether (sulfide) groups is 1. The number of fused-ring (bicyclic) bond motifs is 2. The van der Waals surface area contributed by atoms with E-state index >= 15 is 0 Å². The molecular weight excluding hydrogens is 475 g/mol. The van der Waals surface area contributed by atoms with E-state index in [-0.39, 0.29) is 24.0 Å². The minimum absolute atomic E-state index is 0. The Kier molecular flexibility index (Phi) is 5.56. The molecule has 0 amide bonds.